The van der Waals surface area contributed by atoms with Crippen molar-refractivity contribution in [2.75, 3.05) is 5.34 Å². The van der Waals surface area contributed by atoms with Gasteiger partial charge in [0.25, 0.3) is 0 Å². The van der Waals surface area contributed by atoms with Crippen molar-refractivity contribution in [2.24, 2.45) is 9.98 Å². The summed E-state index contributed by atoms with van der Waals surface area (Å²) in [4.78, 5) is 26.5. The molecule has 446 valence electrons. The van der Waals surface area contributed by atoms with Crippen LogP contribution in [0.5, 0.6) is 11.5 Å². The van der Waals surface area contributed by atoms with Crippen molar-refractivity contribution >= 4 is 68.5 Å². The van der Waals surface area contributed by atoms with E-state index < -0.39 is 15.6 Å². The molecule has 4 aromatic heterocycles. The maximum absolute atomic E-state index is 13.6. The van der Waals surface area contributed by atoms with E-state index in [4.69, 9.17) is 51.5 Å². The molecule has 0 fully saturated rings. The number of alkyl halides is 5. The molecule has 4 heterocycles. The van der Waals surface area contributed by atoms with Gasteiger partial charge in [0.15, 0.2) is 10.1 Å². The van der Waals surface area contributed by atoms with Crippen LogP contribution >= 0.6 is 23.2 Å². The number of aryl methyl sites for hydroxylation is 2. The number of aliphatic imine (C=N–C) groups is 2. The van der Waals surface area contributed by atoms with Gasteiger partial charge >= 0.3 is 44.5 Å². The third-order valence-corrected chi connectivity index (χ3v) is 12.8. The molecule has 0 amide bonds. The van der Waals surface area contributed by atoms with Gasteiger partial charge < -0.3 is 20.1 Å². The average Bonchev–Trinajstić information content (AvgIpc) is 1.34. The molecule has 0 unspecified atom stereocenters. The van der Waals surface area contributed by atoms with Gasteiger partial charge in [0.1, 0.15) is 0 Å². The fourth-order valence-electron chi connectivity index (χ4n) is 7.60. The van der Waals surface area contributed by atoms with Crippen LogP contribution < -0.4 is 10.2 Å². The van der Waals surface area contributed by atoms with Crippen LogP contribution in [-0.4, -0.2) is 56.2 Å². The van der Waals surface area contributed by atoms with Crippen molar-refractivity contribution in [2.45, 2.75) is 124 Å². The Morgan fingerprint density at radius 3 is 0.988 bits per heavy atom. The quantitative estimate of drug-likeness (QED) is 0.0468. The number of pyridine rings is 4. The topological polar surface area (TPSA) is 194 Å². The summed E-state index contributed by atoms with van der Waals surface area (Å²) in [5.41, 5.74) is 6.72. The molecule has 86 heavy (non-hydrogen) atoms. The van der Waals surface area contributed by atoms with Crippen molar-refractivity contribution in [3.63, 3.8) is 0 Å². The standard InChI is InChI=1S/C44H56N3O2.2C10H8N2.CH2Cl2.CHF3O3S.2Zn/c1-27-15-17-35(37(19-27)45-25-29-21-31(41(3,4)5)23-33(39(29)48)43(9,10)11)47-36-18-16-28(2)20-38(36)46-26-30-22-32(42(6,7)8)24-34(40(30)49)44(12,13)14;2*1-3-7-11-9(5-1)10-6-2-4-8-12-10;2-1-3;2-1(3,4)8(5,6)7;;/h15-26H,1-14H3,(H,45,48)(H,46,49);2*1-8H;1H2;(H,5,6,7);;/q-1;;;;;2*+2/p-3. The van der Waals surface area contributed by atoms with Gasteiger partial charge in [-0.3, -0.25) is 29.9 Å². The molecule has 0 saturated carbocycles. The molecular formula is C66H72Cl2F3N7O5SZn2. The fraction of sp³-hybridized carbons (Fsp3) is 0.303. The van der Waals surface area contributed by atoms with Crippen LogP contribution in [0.4, 0.5) is 35.9 Å². The minimum absolute atomic E-state index is 0. The Bertz CT molecular complexity index is 3290. The van der Waals surface area contributed by atoms with E-state index in [2.05, 4.69) is 103 Å². The molecule has 20 heteroatoms. The first-order valence-corrected chi connectivity index (χ1v) is 29.0. The summed E-state index contributed by atoms with van der Waals surface area (Å²) in [6, 6.07) is 43.1. The van der Waals surface area contributed by atoms with E-state index in [1.165, 1.54) is 0 Å². The molecular weight excluding hydrogens is 1260 g/mol. The Balaban J connectivity index is 0.000000542. The zero-order valence-corrected chi connectivity index (χ0v) is 59.5. The minimum atomic E-state index is -6.09. The zero-order valence-electron chi connectivity index (χ0n) is 51.3. The van der Waals surface area contributed by atoms with E-state index in [0.29, 0.717) is 33.9 Å². The molecule has 0 bridgehead atoms. The molecule has 0 radical (unpaired) electrons. The van der Waals surface area contributed by atoms with Crippen LogP contribution in [0, 0.1) is 13.8 Å². The van der Waals surface area contributed by atoms with Gasteiger partial charge in [0, 0.05) is 48.6 Å². The Kier molecular flexibility index (Phi) is 29.3. The third kappa shape index (κ3) is 23.8. The third-order valence-electron chi connectivity index (χ3n) is 12.2. The summed E-state index contributed by atoms with van der Waals surface area (Å²) in [7, 11) is -6.09. The van der Waals surface area contributed by atoms with Crippen molar-refractivity contribution in [3.05, 3.63) is 208 Å². The Morgan fingerprint density at radius 1 is 0.488 bits per heavy atom. The van der Waals surface area contributed by atoms with Gasteiger partial charge in [-0.2, -0.15) is 13.2 Å². The second-order valence-corrected chi connectivity index (χ2v) is 25.5. The van der Waals surface area contributed by atoms with Crippen LogP contribution in [0.1, 0.15) is 128 Å². The number of hydrogen-bond donors (Lipinski definition) is 0. The number of halogens is 5. The van der Waals surface area contributed by atoms with Crippen molar-refractivity contribution in [3.8, 4) is 34.3 Å². The Hall–Kier alpha value is -6.25. The van der Waals surface area contributed by atoms with Gasteiger partial charge in [-0.15, -0.1) is 34.6 Å². The molecule has 0 aliphatic rings. The number of benzene rings is 4. The number of nitrogens with zero attached hydrogens (tertiary/aromatic N) is 7. The number of rotatable bonds is 8. The van der Waals surface area contributed by atoms with Gasteiger partial charge in [0.05, 0.1) is 28.1 Å². The maximum Gasteiger partial charge on any atom is 2.00 e. The predicted molar refractivity (Wildman–Crippen MR) is 333 cm³/mol. The van der Waals surface area contributed by atoms with Crippen LogP contribution in [0.15, 0.2) is 168 Å². The van der Waals surface area contributed by atoms with Crippen LogP contribution in [0.25, 0.3) is 28.1 Å². The molecule has 8 aromatic rings. The molecule has 0 spiro atoms. The molecule has 12 nitrogen and oxygen atoms in total. The SMILES string of the molecule is Cc1ccc([N-]c2ccc(C)cc2N=Cc2cc(C(C)(C)C)cc(C(C)(C)C)c2[O-])c(N=Cc2cc(C(C)(C)C)cc(C(C)(C)C)c2[O-])c1.ClCCl.O=S(=O)([O-])C(F)(F)F.[Zn+2].[Zn+2].c1ccc(-c2ccccn2)nc1.c1ccc(-c2ccccn2)nc1. The first kappa shape index (κ1) is 75.8. The normalized spacial score (nSPS) is 11.7. The van der Waals surface area contributed by atoms with Crippen molar-refractivity contribution < 1.29 is 75.3 Å². The van der Waals surface area contributed by atoms with E-state index in [1.54, 1.807) is 37.2 Å². The Labute approximate surface area is 541 Å². The monoisotopic (exact) mass is 1330 g/mol. The second kappa shape index (κ2) is 33.2. The van der Waals surface area contributed by atoms with Gasteiger partial charge in [-0.25, -0.2) is 8.42 Å². The summed E-state index contributed by atoms with van der Waals surface area (Å²) in [6.07, 6.45) is 10.4. The number of aromatic nitrogens is 4. The molecule has 0 aliphatic carbocycles. The first-order chi connectivity index (χ1) is 39.0. The molecule has 0 atom stereocenters. The fourth-order valence-corrected chi connectivity index (χ4v) is 7.60. The second-order valence-electron chi connectivity index (χ2n) is 23.4. The zero-order chi connectivity index (χ0) is 62.8. The van der Waals surface area contributed by atoms with E-state index in [-0.39, 0.29) is 77.5 Å². The van der Waals surface area contributed by atoms with Gasteiger partial charge in [-0.1, -0.05) is 167 Å². The summed E-state index contributed by atoms with van der Waals surface area (Å²) in [5, 5.41) is 32.5. The van der Waals surface area contributed by atoms with Crippen molar-refractivity contribution in [1.29, 1.82) is 0 Å². The van der Waals surface area contributed by atoms with Crippen LogP contribution in [0.3, 0.4) is 0 Å². The summed E-state index contributed by atoms with van der Waals surface area (Å²) < 4.78 is 58.9. The van der Waals surface area contributed by atoms with E-state index >= 15 is 0 Å². The molecule has 0 N–H and O–H groups in total. The van der Waals surface area contributed by atoms with Crippen LogP contribution in [0.2, 0.25) is 0 Å². The largest absolute Gasteiger partial charge is 2.00 e. The smallest absolute Gasteiger partial charge is 0.872 e. The number of hydrogen-bond acceptors (Lipinski definition) is 11. The molecule has 0 saturated heterocycles. The first-order valence-electron chi connectivity index (χ1n) is 26.6. The molecule has 8 rings (SSSR count). The summed E-state index contributed by atoms with van der Waals surface area (Å²) in [6.45, 7) is 29.4. The summed E-state index contributed by atoms with van der Waals surface area (Å²) in [5.74, 6) is -0.0121. The van der Waals surface area contributed by atoms with Gasteiger partial charge in [0.2, 0.25) is 0 Å². The maximum atomic E-state index is 13.6. The van der Waals surface area contributed by atoms with E-state index in [1.807, 2.05) is 147 Å². The van der Waals surface area contributed by atoms with Gasteiger partial charge in [-0.05, 0) is 141 Å². The molecule has 4 aromatic carbocycles. The summed E-state index contributed by atoms with van der Waals surface area (Å²) >= 11 is 9.53. The average molecular weight is 1330 g/mol. The van der Waals surface area contributed by atoms with E-state index in [0.717, 1.165) is 56.2 Å². The minimum Gasteiger partial charge on any atom is -0.872 e. The van der Waals surface area contributed by atoms with E-state index in [9.17, 15) is 23.4 Å². The van der Waals surface area contributed by atoms with Crippen LogP contribution in [-0.2, 0) is 70.7 Å². The van der Waals surface area contributed by atoms with Crippen molar-refractivity contribution in [1.82, 2.24) is 19.9 Å². The molecule has 0 aliphatic heterocycles. The predicted octanol–water partition coefficient (Wildman–Crippen LogP) is 17.2. The Morgan fingerprint density at radius 2 is 0.767 bits per heavy atom.